The second kappa shape index (κ2) is 17.0. The van der Waals surface area contributed by atoms with Crippen LogP contribution in [0.2, 0.25) is 0 Å². The molecule has 0 bridgehead atoms. The highest BCUT2D eigenvalue weighted by Gasteiger charge is 1.96. The molecule has 0 aromatic heterocycles. The van der Waals surface area contributed by atoms with Gasteiger partial charge in [0.25, 0.3) is 0 Å². The molecule has 0 saturated carbocycles. The summed E-state index contributed by atoms with van der Waals surface area (Å²) in [4.78, 5) is 10.7. The summed E-state index contributed by atoms with van der Waals surface area (Å²) in [6, 6.07) is 7.76. The summed E-state index contributed by atoms with van der Waals surface area (Å²) < 4.78 is 22.8. The van der Waals surface area contributed by atoms with Crippen molar-refractivity contribution in [3.8, 4) is 5.75 Å². The lowest BCUT2D eigenvalue weighted by Crippen LogP contribution is -2.29. The van der Waals surface area contributed by atoms with Crippen molar-refractivity contribution in [1.29, 1.82) is 0 Å². The number of methoxy groups -OCH3 is 1. The predicted molar refractivity (Wildman–Crippen MR) is 108 cm³/mol. The van der Waals surface area contributed by atoms with E-state index < -0.39 is 0 Å². The Labute approximate surface area is 161 Å². The average Bonchev–Trinajstić information content (AvgIpc) is 2.63. The van der Waals surface area contributed by atoms with Gasteiger partial charge >= 0.3 is 0 Å². The first-order chi connectivity index (χ1) is 13.0. The standard InChI is InChI=1S/C19H25FN2O2.C2H6O/c1-3-6-18(20)7-4-5-14-24-19-10-8-17(9-11-19)15-21-12-13-22-16(2)23;1-3-2/h3-11,21H,12-15H2,1-2H3,(H,22,23);1-2H3/b5-4+,6-3-,18-7+;. The molecule has 0 unspecified atom stereocenters. The third-order valence-electron chi connectivity index (χ3n) is 2.99. The van der Waals surface area contributed by atoms with Crippen LogP contribution in [0.15, 0.2) is 60.5 Å². The number of nitrogens with one attached hydrogen (secondary N) is 2. The van der Waals surface area contributed by atoms with Gasteiger partial charge in [-0.15, -0.1) is 0 Å². The van der Waals surface area contributed by atoms with Crippen LogP contribution in [0.1, 0.15) is 19.4 Å². The fourth-order valence-electron chi connectivity index (χ4n) is 1.84. The van der Waals surface area contributed by atoms with Gasteiger partial charge in [0, 0.05) is 40.8 Å². The van der Waals surface area contributed by atoms with Gasteiger partial charge in [0.05, 0.1) is 0 Å². The fraction of sp³-hybridized carbons (Fsp3) is 0.381. The zero-order valence-corrected chi connectivity index (χ0v) is 16.6. The van der Waals surface area contributed by atoms with Crippen LogP contribution in [0, 0.1) is 0 Å². The lowest BCUT2D eigenvalue weighted by atomic mass is 10.2. The minimum atomic E-state index is -0.288. The first-order valence-corrected chi connectivity index (χ1v) is 8.75. The molecule has 0 aliphatic carbocycles. The minimum Gasteiger partial charge on any atom is -0.490 e. The number of benzene rings is 1. The highest BCUT2D eigenvalue weighted by molar-refractivity contribution is 5.72. The number of rotatable bonds is 10. The maximum Gasteiger partial charge on any atom is 0.216 e. The topological polar surface area (TPSA) is 59.6 Å². The Balaban J connectivity index is 0.00000210. The Morgan fingerprint density at radius 2 is 1.85 bits per heavy atom. The van der Waals surface area contributed by atoms with E-state index in [1.807, 2.05) is 24.3 Å². The van der Waals surface area contributed by atoms with Gasteiger partial charge in [-0.3, -0.25) is 4.79 Å². The number of halogens is 1. The van der Waals surface area contributed by atoms with Gasteiger partial charge in [-0.1, -0.05) is 24.3 Å². The molecule has 6 heteroatoms. The highest BCUT2D eigenvalue weighted by Crippen LogP contribution is 2.12. The smallest absolute Gasteiger partial charge is 0.216 e. The van der Waals surface area contributed by atoms with Crippen molar-refractivity contribution in [2.24, 2.45) is 0 Å². The molecule has 0 spiro atoms. The predicted octanol–water partition coefficient (Wildman–Crippen LogP) is 3.54. The molecule has 0 saturated heterocycles. The molecule has 0 radical (unpaired) electrons. The average molecular weight is 378 g/mol. The van der Waals surface area contributed by atoms with E-state index >= 15 is 0 Å². The molecule has 1 aromatic rings. The van der Waals surface area contributed by atoms with E-state index in [-0.39, 0.29) is 11.7 Å². The van der Waals surface area contributed by atoms with Gasteiger partial charge in [-0.2, -0.15) is 0 Å². The number of carbonyl (C=O) groups is 1. The maximum absolute atomic E-state index is 13.0. The van der Waals surface area contributed by atoms with Crippen LogP contribution in [0.4, 0.5) is 4.39 Å². The number of allylic oxidation sites excluding steroid dienone is 5. The van der Waals surface area contributed by atoms with Crippen LogP contribution in [0.3, 0.4) is 0 Å². The molecule has 0 aliphatic heterocycles. The van der Waals surface area contributed by atoms with Gasteiger partial charge < -0.3 is 20.1 Å². The van der Waals surface area contributed by atoms with Crippen molar-refractivity contribution in [3.63, 3.8) is 0 Å². The zero-order valence-electron chi connectivity index (χ0n) is 16.6. The van der Waals surface area contributed by atoms with E-state index in [0.717, 1.165) is 24.4 Å². The van der Waals surface area contributed by atoms with E-state index in [9.17, 15) is 9.18 Å². The van der Waals surface area contributed by atoms with Crippen molar-refractivity contribution >= 4 is 5.91 Å². The Kier molecular flexibility index (Phi) is 15.5. The van der Waals surface area contributed by atoms with Crippen LogP contribution in [-0.4, -0.2) is 39.8 Å². The number of hydrogen-bond acceptors (Lipinski definition) is 4. The van der Waals surface area contributed by atoms with E-state index in [2.05, 4.69) is 15.4 Å². The molecule has 1 rings (SSSR count). The van der Waals surface area contributed by atoms with Gasteiger partial charge in [-0.05, 0) is 42.8 Å². The second-order valence-corrected chi connectivity index (χ2v) is 5.50. The maximum atomic E-state index is 13.0. The summed E-state index contributed by atoms with van der Waals surface area (Å²) >= 11 is 0. The first kappa shape index (κ1) is 24.6. The summed E-state index contributed by atoms with van der Waals surface area (Å²) in [5.74, 6) is 0.455. The summed E-state index contributed by atoms with van der Waals surface area (Å²) in [5, 5.41) is 5.97. The summed E-state index contributed by atoms with van der Waals surface area (Å²) in [6.07, 6.45) is 7.81. The molecular formula is C21H31FN2O3. The van der Waals surface area contributed by atoms with E-state index in [4.69, 9.17) is 4.74 Å². The number of ether oxygens (including phenoxy) is 2. The summed E-state index contributed by atoms with van der Waals surface area (Å²) in [6.45, 7) is 5.72. The molecule has 1 amide bonds. The van der Waals surface area contributed by atoms with Crippen molar-refractivity contribution in [2.75, 3.05) is 33.9 Å². The zero-order chi connectivity index (χ0) is 20.3. The first-order valence-electron chi connectivity index (χ1n) is 8.75. The summed E-state index contributed by atoms with van der Waals surface area (Å²) in [5.41, 5.74) is 1.14. The molecule has 0 heterocycles. The molecule has 0 fully saturated rings. The van der Waals surface area contributed by atoms with Crippen molar-refractivity contribution in [3.05, 3.63) is 66.0 Å². The summed E-state index contributed by atoms with van der Waals surface area (Å²) in [7, 11) is 3.25. The molecule has 150 valence electrons. The lowest BCUT2D eigenvalue weighted by Gasteiger charge is -2.07. The molecule has 2 N–H and O–H groups in total. The van der Waals surface area contributed by atoms with E-state index in [1.54, 1.807) is 39.4 Å². The highest BCUT2D eigenvalue weighted by atomic mass is 19.1. The molecule has 1 aromatic carbocycles. The normalized spacial score (nSPS) is 11.4. The quantitative estimate of drug-likeness (QED) is 0.483. The minimum absolute atomic E-state index is 0.0209. The van der Waals surface area contributed by atoms with Crippen LogP contribution in [0.25, 0.3) is 0 Å². The Hall–Kier alpha value is -2.44. The number of carbonyl (C=O) groups excluding carboxylic acids is 1. The van der Waals surface area contributed by atoms with E-state index in [1.165, 1.54) is 19.1 Å². The Morgan fingerprint density at radius 3 is 2.44 bits per heavy atom. The Bertz CT molecular complexity index is 596. The molecule has 0 atom stereocenters. The van der Waals surface area contributed by atoms with Crippen LogP contribution < -0.4 is 15.4 Å². The SMILES string of the molecule is COC.C\C=C/C(F)=C\C=C\COc1ccc(CNCCNC(C)=O)cc1. The van der Waals surface area contributed by atoms with Crippen LogP contribution in [-0.2, 0) is 16.1 Å². The molecule has 27 heavy (non-hydrogen) atoms. The van der Waals surface area contributed by atoms with Crippen molar-refractivity contribution < 1.29 is 18.7 Å². The van der Waals surface area contributed by atoms with Crippen molar-refractivity contribution in [1.82, 2.24) is 10.6 Å². The number of hydrogen-bond donors (Lipinski definition) is 2. The fourth-order valence-corrected chi connectivity index (χ4v) is 1.84. The largest absolute Gasteiger partial charge is 0.490 e. The molecular weight excluding hydrogens is 347 g/mol. The third kappa shape index (κ3) is 15.5. The monoisotopic (exact) mass is 378 g/mol. The van der Waals surface area contributed by atoms with Crippen LogP contribution >= 0.6 is 0 Å². The van der Waals surface area contributed by atoms with Crippen LogP contribution in [0.5, 0.6) is 5.75 Å². The van der Waals surface area contributed by atoms with Gasteiger partial charge in [0.1, 0.15) is 18.2 Å². The van der Waals surface area contributed by atoms with Crippen molar-refractivity contribution in [2.45, 2.75) is 20.4 Å². The van der Waals surface area contributed by atoms with Gasteiger partial charge in [-0.25, -0.2) is 4.39 Å². The van der Waals surface area contributed by atoms with Gasteiger partial charge in [0.15, 0.2) is 0 Å². The van der Waals surface area contributed by atoms with E-state index in [0.29, 0.717) is 13.2 Å². The second-order valence-electron chi connectivity index (χ2n) is 5.50. The lowest BCUT2D eigenvalue weighted by molar-refractivity contribution is -0.118. The number of amides is 1. The molecule has 0 aliphatic rings. The molecule has 5 nitrogen and oxygen atoms in total. The van der Waals surface area contributed by atoms with Gasteiger partial charge in [0.2, 0.25) is 5.91 Å². The Morgan fingerprint density at radius 1 is 1.19 bits per heavy atom. The third-order valence-corrected chi connectivity index (χ3v) is 2.99.